The van der Waals surface area contributed by atoms with Crippen molar-refractivity contribution in [3.8, 4) is 0 Å². The highest BCUT2D eigenvalue weighted by molar-refractivity contribution is 7.13. The molecule has 3 saturated carbocycles. The van der Waals surface area contributed by atoms with Crippen LogP contribution in [0.3, 0.4) is 0 Å². The second kappa shape index (κ2) is 45.0. The van der Waals surface area contributed by atoms with E-state index >= 15 is 0 Å². The van der Waals surface area contributed by atoms with Gasteiger partial charge in [0.2, 0.25) is 47.4 Å². The lowest BCUT2D eigenvalue weighted by molar-refractivity contribution is -0.170. The van der Waals surface area contributed by atoms with Gasteiger partial charge in [0.1, 0.15) is 11.2 Å². The number of primary amides is 2. The lowest BCUT2D eigenvalue weighted by atomic mass is 9.81. The number of nitrogens with zero attached hydrogens (tertiary/aromatic N) is 12. The van der Waals surface area contributed by atoms with E-state index in [-0.39, 0.29) is 121 Å². The fraction of sp³-hybridized carbons (Fsp3) is 0.374. The van der Waals surface area contributed by atoms with Crippen LogP contribution in [0, 0.1) is 23.7 Å². The Kier molecular flexibility index (Phi) is 33.1. The van der Waals surface area contributed by atoms with Gasteiger partial charge >= 0.3 is 24.0 Å². The molecular formula is C99H111F3N18O14S4. The van der Waals surface area contributed by atoms with Crippen molar-refractivity contribution in [2.75, 3.05) is 69.1 Å². The van der Waals surface area contributed by atoms with Crippen LogP contribution in [-0.2, 0) is 69.2 Å². The lowest BCUT2D eigenvalue weighted by Gasteiger charge is -2.27. The Bertz CT molecular complexity index is 6560. The van der Waals surface area contributed by atoms with E-state index in [2.05, 4.69) is 40.8 Å². The summed E-state index contributed by atoms with van der Waals surface area (Å²) in [5.74, 6) is -2.75. The summed E-state index contributed by atoms with van der Waals surface area (Å²) in [6.07, 6.45) is 7.98. The van der Waals surface area contributed by atoms with E-state index < -0.39 is 35.1 Å². The highest BCUT2D eigenvalue weighted by Gasteiger charge is 2.42. The van der Waals surface area contributed by atoms with Crippen LogP contribution in [0.15, 0.2) is 173 Å². The molecule has 3 aliphatic carbocycles. The third-order valence-electron chi connectivity index (χ3n) is 23.7. The van der Waals surface area contributed by atoms with E-state index in [9.17, 15) is 70.7 Å². The quantitative estimate of drug-likeness (QED) is 0.0260. The van der Waals surface area contributed by atoms with Crippen LogP contribution in [0.4, 0.5) is 59.7 Å². The van der Waals surface area contributed by atoms with Gasteiger partial charge in [-0.05, 0) is 230 Å². The van der Waals surface area contributed by atoms with Crippen LogP contribution in [0.25, 0.3) is 44.1 Å². The molecule has 3 fully saturated rings. The first-order chi connectivity index (χ1) is 65.7. The summed E-state index contributed by atoms with van der Waals surface area (Å²) >= 11 is 5.28. The highest BCUT2D eigenvalue weighted by Crippen LogP contribution is 2.38. The van der Waals surface area contributed by atoms with E-state index in [1.54, 1.807) is 93.3 Å². The minimum atomic E-state index is -5.02. The third-order valence-corrected chi connectivity index (χ3v) is 27.2. The summed E-state index contributed by atoms with van der Waals surface area (Å²) in [6, 6.07) is 44.1. The molecule has 0 atom stereocenters. The molecule has 5 aromatic carbocycles. The second-order valence-corrected chi connectivity index (χ2v) is 39.7. The average Bonchev–Trinajstić information content (AvgIpc) is 1.66. The number of hydrogen-bond acceptors (Lipinski definition) is 22. The molecule has 138 heavy (non-hydrogen) atoms. The van der Waals surface area contributed by atoms with Crippen LogP contribution < -0.4 is 52.3 Å². The molecule has 10 amide bonds. The molecule has 0 saturated heterocycles. The molecule has 0 radical (unpaired) electrons. The van der Waals surface area contributed by atoms with Crippen molar-refractivity contribution in [2.24, 2.45) is 35.1 Å². The lowest BCUT2D eigenvalue weighted by Crippen LogP contribution is -2.38. The number of amides is 10. The monoisotopic (exact) mass is 1960 g/mol. The summed E-state index contributed by atoms with van der Waals surface area (Å²) < 4.78 is 56.3. The van der Waals surface area contributed by atoms with E-state index in [4.69, 9.17) is 25.9 Å². The molecule has 16 rings (SSSR count). The second-order valence-electron chi connectivity index (χ2n) is 35.9. The molecule has 3 aliphatic rings. The SMILES string of the molecule is CN(C(=O)C(F)(F)F)c1ccc2c(c1)nc(NC(=O)c1cccs1)n2CCC(N)=O.CN(C(=O)C1CCCC1)c1ccc2c(c1)nc(NC(=O)c1cccs1)n2CCC(=O)OC(C)(C)C.CN(C(=O)C1CCCCC1)c1ccc2c(c1)nc(NC(=O)c1cccs1)n2CC1CCC(C(N)=O)CC1.CN(C(=O)c1ccccc1)c1ccc2c(c1)nc(NC(=O)c1cccs1)n2CCC(=O)OC(C)(C)C. The Morgan fingerprint density at radius 2 is 0.717 bits per heavy atom. The number of thiophene rings is 4. The van der Waals surface area contributed by atoms with E-state index in [1.807, 2.05) is 148 Å². The zero-order valence-electron chi connectivity index (χ0n) is 78.2. The smallest absolute Gasteiger partial charge is 0.460 e. The number of carbonyl (C=O) groups excluding carboxylic acids is 12. The van der Waals surface area contributed by atoms with Gasteiger partial charge in [-0.15, -0.1) is 45.3 Å². The number of nitrogens with two attached hydrogens (primary N) is 2. The highest BCUT2D eigenvalue weighted by atomic mass is 32.1. The standard InChI is InChI=1S/C28H35N5O3S.C27H28N4O4S.C26H32N4O4S.C18H16F3N5O3S/c1-32(27(36)20-6-3-2-4-7-20)21-13-14-23-22(16-21)30-28(31-26(35)24-8-5-15-37-24)33(23)17-18-9-11-19(12-10-18)25(29)34;1-27(2,3)35-23(32)14-15-31-21-13-12-19(30(4)25(34)18-9-6-5-7-10-18)17-20(21)28-26(31)29-24(33)22-11-8-16-36-22;1-26(2,3)34-22(31)13-14-30-20-12-11-18(29(4)24(33)17-8-5-6-9-17)16-19(20)27-25(30)28-23(32)21-10-7-15-35-21;1-25(16(29)18(19,20)21)10-4-5-12-11(9-10)23-17(26(12)7-6-14(22)27)24-15(28)13-3-2-8-30-13/h5,8,13-16,18-20H,2-4,6-7,9-12,17H2,1H3,(H2,29,34)(H,30,31,35);5-13,16-17H,14-15H2,1-4H3,(H,28,29,33);7,10-12,15-17H,5-6,8-9,13-14H2,1-4H3,(H,27,28,32);2-5,8-9H,6-7H2,1H3,(H2,22,27)(H,23,24,28). The van der Waals surface area contributed by atoms with Gasteiger partial charge in [0.15, 0.2) is 0 Å². The number of aromatic nitrogens is 8. The molecule has 8 heterocycles. The van der Waals surface area contributed by atoms with Gasteiger partial charge < -0.3 is 58.8 Å². The summed E-state index contributed by atoms with van der Waals surface area (Å²) in [4.78, 5) is 175. The number of ether oxygens (including phenoxy) is 2. The molecule has 726 valence electrons. The number of imidazole rings is 4. The minimum absolute atomic E-state index is 0.0273. The van der Waals surface area contributed by atoms with E-state index in [0.717, 1.165) is 118 Å². The normalized spacial score (nSPS) is 14.6. The van der Waals surface area contributed by atoms with E-state index in [1.165, 1.54) is 74.5 Å². The van der Waals surface area contributed by atoms with Crippen molar-refractivity contribution in [3.63, 3.8) is 0 Å². The number of hydrogen-bond donors (Lipinski definition) is 6. The van der Waals surface area contributed by atoms with Crippen molar-refractivity contribution in [3.05, 3.63) is 198 Å². The van der Waals surface area contributed by atoms with Gasteiger partial charge in [0.25, 0.3) is 29.5 Å². The average molecular weight is 1960 g/mol. The molecular weight excluding hydrogens is 1850 g/mol. The maximum absolute atomic E-state index is 13.1. The number of anilines is 8. The molecule has 0 bridgehead atoms. The molecule has 39 heteroatoms. The van der Waals surface area contributed by atoms with Crippen molar-refractivity contribution in [2.45, 2.75) is 188 Å². The Hall–Kier alpha value is -13.8. The Morgan fingerprint density at radius 3 is 1.04 bits per heavy atom. The van der Waals surface area contributed by atoms with Gasteiger partial charge in [0.05, 0.1) is 76.5 Å². The van der Waals surface area contributed by atoms with E-state index in [0.29, 0.717) is 89.1 Å². The first kappa shape index (κ1) is 102. The molecule has 8 N–H and O–H groups in total. The van der Waals surface area contributed by atoms with Crippen molar-refractivity contribution < 1.29 is 80.2 Å². The van der Waals surface area contributed by atoms with Crippen molar-refractivity contribution in [1.29, 1.82) is 0 Å². The van der Waals surface area contributed by atoms with Crippen LogP contribution in [0.1, 0.15) is 193 Å². The van der Waals surface area contributed by atoms with Gasteiger partial charge in [-0.1, -0.05) is 74.6 Å². The van der Waals surface area contributed by atoms with Crippen LogP contribution in [-0.4, -0.2) is 155 Å². The fourth-order valence-electron chi connectivity index (χ4n) is 16.7. The van der Waals surface area contributed by atoms with Crippen LogP contribution >= 0.6 is 45.3 Å². The van der Waals surface area contributed by atoms with Gasteiger partial charge in [0, 0.05) is 107 Å². The summed E-state index contributed by atoms with van der Waals surface area (Å²) in [5.41, 5.74) is 17.4. The number of fused-ring (bicyclic) bond motifs is 4. The summed E-state index contributed by atoms with van der Waals surface area (Å²) in [6.45, 7) is 12.3. The Balaban J connectivity index is 0.000000156. The van der Waals surface area contributed by atoms with Gasteiger partial charge in [-0.25, -0.2) is 19.9 Å². The Labute approximate surface area is 810 Å². The number of halogens is 3. The molecule has 32 nitrogen and oxygen atoms in total. The van der Waals surface area contributed by atoms with Crippen LogP contribution in [0.2, 0.25) is 0 Å². The number of alkyl halides is 3. The number of benzene rings is 5. The maximum atomic E-state index is 13.1. The molecule has 0 aliphatic heterocycles. The fourth-order valence-corrected chi connectivity index (χ4v) is 19.1. The van der Waals surface area contributed by atoms with Crippen molar-refractivity contribution >= 4 is 207 Å². The first-order valence-electron chi connectivity index (χ1n) is 45.4. The Morgan fingerprint density at radius 1 is 0.391 bits per heavy atom. The molecule has 0 spiro atoms. The molecule has 13 aromatic rings. The molecule has 0 unspecified atom stereocenters. The maximum Gasteiger partial charge on any atom is 0.471 e. The predicted molar refractivity (Wildman–Crippen MR) is 531 cm³/mol. The number of nitrogens with one attached hydrogen (secondary N) is 4. The number of rotatable bonds is 27. The van der Waals surface area contributed by atoms with Crippen molar-refractivity contribution in [1.82, 2.24) is 38.2 Å². The van der Waals surface area contributed by atoms with Gasteiger partial charge in [-0.3, -0.25) is 78.8 Å². The largest absolute Gasteiger partial charge is 0.471 e. The predicted octanol–water partition coefficient (Wildman–Crippen LogP) is 18.5. The van der Waals surface area contributed by atoms with Gasteiger partial charge in [-0.2, -0.15) is 13.2 Å². The number of aryl methyl sites for hydroxylation is 3. The zero-order valence-corrected chi connectivity index (χ0v) is 81.5. The number of esters is 2. The number of carbonyl (C=O) groups is 12. The first-order valence-corrected chi connectivity index (χ1v) is 48.9. The van der Waals surface area contributed by atoms with Crippen LogP contribution in [0.5, 0.6) is 0 Å². The third kappa shape index (κ3) is 26.1. The molecule has 8 aromatic heterocycles. The summed E-state index contributed by atoms with van der Waals surface area (Å²) in [5, 5.41) is 18.7. The zero-order chi connectivity index (χ0) is 99.0. The summed E-state index contributed by atoms with van der Waals surface area (Å²) in [7, 11) is 6.34. The topological polar surface area (TPSA) is 408 Å². The minimum Gasteiger partial charge on any atom is -0.460 e.